The molecule has 34 heavy (non-hydrogen) atoms. The summed E-state index contributed by atoms with van der Waals surface area (Å²) in [5.74, 6) is 0.121. The quantitative estimate of drug-likeness (QED) is 0.501. The van der Waals surface area contributed by atoms with Crippen molar-refractivity contribution in [2.75, 3.05) is 11.1 Å². The summed E-state index contributed by atoms with van der Waals surface area (Å²) in [6, 6.07) is 9.78. The molecule has 2 unspecified atom stereocenters. The first-order valence-corrected chi connectivity index (χ1v) is 11.8. The second kappa shape index (κ2) is 8.67. The summed E-state index contributed by atoms with van der Waals surface area (Å²) >= 11 is 5.85. The van der Waals surface area contributed by atoms with Crippen molar-refractivity contribution in [2.24, 2.45) is 18.9 Å². The lowest BCUT2D eigenvalue weighted by molar-refractivity contribution is 0.0376. The van der Waals surface area contributed by atoms with Gasteiger partial charge in [-0.25, -0.2) is 4.39 Å². The van der Waals surface area contributed by atoms with Crippen LogP contribution in [0.3, 0.4) is 0 Å². The van der Waals surface area contributed by atoms with E-state index in [1.165, 1.54) is 22.9 Å². The lowest BCUT2D eigenvalue weighted by Crippen LogP contribution is -2.29. The number of aryl methyl sites for hydroxylation is 1. The van der Waals surface area contributed by atoms with Gasteiger partial charge >= 0.3 is 0 Å². The largest absolute Gasteiger partial charge is 0.389 e. The zero-order chi connectivity index (χ0) is 24.0. The number of halogens is 2. The number of rotatable bonds is 5. The van der Waals surface area contributed by atoms with E-state index in [0.29, 0.717) is 48.0 Å². The average molecular weight is 484 g/mol. The van der Waals surface area contributed by atoms with Crippen molar-refractivity contribution in [3.05, 3.63) is 70.4 Å². The molecule has 2 fully saturated rings. The van der Waals surface area contributed by atoms with E-state index < -0.39 is 17.3 Å². The maximum Gasteiger partial charge on any atom is 0.261 e. The van der Waals surface area contributed by atoms with Gasteiger partial charge in [-0.3, -0.25) is 14.5 Å². The number of nitrogens with two attached hydrogens (primary N) is 1. The SMILES string of the molecule is Cn1nc(C2CC3CC(O)(Cc4ccccn4)CC3C2)c(C(=O)Nc2ccc(F)c(Cl)c2)c1N. The monoisotopic (exact) mass is 483 g/mol. The number of nitrogens with one attached hydrogen (secondary N) is 1. The fraction of sp³-hybridized carbons (Fsp3) is 0.400. The number of hydrogen-bond donors (Lipinski definition) is 3. The Morgan fingerprint density at radius 1 is 1.29 bits per heavy atom. The van der Waals surface area contributed by atoms with Gasteiger partial charge in [-0.2, -0.15) is 5.10 Å². The van der Waals surface area contributed by atoms with Crippen molar-refractivity contribution in [3.63, 3.8) is 0 Å². The molecule has 2 heterocycles. The molecule has 0 saturated heterocycles. The normalized spacial score (nSPS) is 25.9. The molecule has 178 valence electrons. The van der Waals surface area contributed by atoms with Gasteiger partial charge in [0.25, 0.3) is 5.91 Å². The lowest BCUT2D eigenvalue weighted by Gasteiger charge is -2.24. The lowest BCUT2D eigenvalue weighted by atomic mass is 9.88. The molecule has 7 nitrogen and oxygen atoms in total. The van der Waals surface area contributed by atoms with Crippen molar-refractivity contribution in [3.8, 4) is 0 Å². The molecule has 4 N–H and O–H groups in total. The van der Waals surface area contributed by atoms with E-state index in [1.54, 1.807) is 13.2 Å². The van der Waals surface area contributed by atoms with E-state index in [0.717, 1.165) is 18.5 Å². The van der Waals surface area contributed by atoms with Gasteiger partial charge in [0.1, 0.15) is 17.2 Å². The van der Waals surface area contributed by atoms with Crippen molar-refractivity contribution in [1.29, 1.82) is 0 Å². The fourth-order valence-electron chi connectivity index (χ4n) is 5.82. The summed E-state index contributed by atoms with van der Waals surface area (Å²) in [4.78, 5) is 17.5. The molecule has 0 radical (unpaired) electrons. The Balaban J connectivity index is 1.32. The number of benzene rings is 1. The number of carbonyl (C=O) groups is 1. The summed E-state index contributed by atoms with van der Waals surface area (Å²) in [5, 5.41) is 18.5. The van der Waals surface area contributed by atoms with E-state index in [4.69, 9.17) is 17.3 Å². The first-order valence-electron chi connectivity index (χ1n) is 11.4. The van der Waals surface area contributed by atoms with Crippen LogP contribution in [0, 0.1) is 17.7 Å². The maximum absolute atomic E-state index is 13.5. The van der Waals surface area contributed by atoms with Crippen LogP contribution in [0.2, 0.25) is 5.02 Å². The van der Waals surface area contributed by atoms with Crippen LogP contribution >= 0.6 is 11.6 Å². The minimum absolute atomic E-state index is 0.0704. The molecule has 5 rings (SSSR count). The fourth-order valence-corrected chi connectivity index (χ4v) is 6.00. The number of pyridine rings is 1. The number of aliphatic hydroxyl groups is 1. The molecule has 2 aliphatic rings. The second-order valence-corrected chi connectivity index (χ2v) is 10.1. The molecule has 2 saturated carbocycles. The number of nitrogen functional groups attached to an aromatic ring is 1. The molecule has 2 atom stereocenters. The molecule has 2 aromatic heterocycles. The number of nitrogens with zero attached hydrogens (tertiary/aromatic N) is 3. The van der Waals surface area contributed by atoms with Crippen molar-refractivity contribution in [1.82, 2.24) is 14.8 Å². The van der Waals surface area contributed by atoms with Crippen LogP contribution in [0.15, 0.2) is 42.6 Å². The maximum atomic E-state index is 13.5. The number of hydrogen-bond acceptors (Lipinski definition) is 5. The van der Waals surface area contributed by atoms with Crippen LogP contribution in [0.1, 0.15) is 53.3 Å². The van der Waals surface area contributed by atoms with E-state index in [9.17, 15) is 14.3 Å². The number of amides is 1. The second-order valence-electron chi connectivity index (χ2n) is 9.67. The van der Waals surface area contributed by atoms with Gasteiger partial charge in [0.2, 0.25) is 0 Å². The first kappa shape index (κ1) is 22.8. The number of fused-ring (bicyclic) bond motifs is 1. The van der Waals surface area contributed by atoms with Gasteiger partial charge in [-0.15, -0.1) is 0 Å². The molecule has 0 aliphatic heterocycles. The molecule has 9 heteroatoms. The van der Waals surface area contributed by atoms with Gasteiger partial charge in [-0.1, -0.05) is 17.7 Å². The number of anilines is 2. The van der Waals surface area contributed by atoms with Crippen LogP contribution in [-0.2, 0) is 13.5 Å². The summed E-state index contributed by atoms with van der Waals surface area (Å²) in [7, 11) is 1.71. The zero-order valence-corrected chi connectivity index (χ0v) is 19.6. The van der Waals surface area contributed by atoms with Crippen molar-refractivity contribution in [2.45, 2.75) is 43.6 Å². The Bertz CT molecular complexity index is 1220. The molecule has 1 aromatic carbocycles. The summed E-state index contributed by atoms with van der Waals surface area (Å²) in [5.41, 5.74) is 7.78. The topological polar surface area (TPSA) is 106 Å². The van der Waals surface area contributed by atoms with Gasteiger partial charge in [-0.05, 0) is 67.9 Å². The Labute approximate surface area is 202 Å². The van der Waals surface area contributed by atoms with Crippen molar-refractivity contribution < 1.29 is 14.3 Å². The van der Waals surface area contributed by atoms with E-state index >= 15 is 0 Å². The third kappa shape index (κ3) is 4.28. The predicted octanol–water partition coefficient (Wildman–Crippen LogP) is 4.32. The van der Waals surface area contributed by atoms with Crippen molar-refractivity contribution >= 4 is 29.0 Å². The molecular weight excluding hydrogens is 457 g/mol. The highest BCUT2D eigenvalue weighted by Gasteiger charge is 2.50. The molecule has 0 bridgehead atoms. The number of aromatic nitrogens is 3. The van der Waals surface area contributed by atoms with Crippen LogP contribution in [-0.4, -0.2) is 31.4 Å². The Kier molecular flexibility index (Phi) is 5.81. The van der Waals surface area contributed by atoms with E-state index in [-0.39, 0.29) is 16.8 Å². The third-order valence-electron chi connectivity index (χ3n) is 7.27. The standard InChI is InChI=1S/C25H27ClFN5O2/c1-32-23(28)21(24(33)30-17-5-6-20(27)19(26)10-17)22(31-32)14-8-15-11-25(34,12-16(15)9-14)13-18-4-2-3-7-29-18/h2-7,10,14-16,34H,8-9,11-13,28H2,1H3,(H,30,33). The van der Waals surface area contributed by atoms with E-state index in [2.05, 4.69) is 15.4 Å². The smallest absolute Gasteiger partial charge is 0.261 e. The third-order valence-corrected chi connectivity index (χ3v) is 7.56. The van der Waals surface area contributed by atoms with Crippen LogP contribution in [0.4, 0.5) is 15.9 Å². The van der Waals surface area contributed by atoms with Crippen LogP contribution < -0.4 is 11.1 Å². The predicted molar refractivity (Wildman–Crippen MR) is 128 cm³/mol. The average Bonchev–Trinajstić information content (AvgIpc) is 3.40. The molecular formula is C25H27ClFN5O2. The van der Waals surface area contributed by atoms with E-state index in [1.807, 2.05) is 18.2 Å². The van der Waals surface area contributed by atoms with Gasteiger partial charge in [0.15, 0.2) is 0 Å². The highest BCUT2D eigenvalue weighted by Crippen LogP contribution is 2.54. The van der Waals surface area contributed by atoms with Gasteiger partial charge < -0.3 is 16.2 Å². The van der Waals surface area contributed by atoms with Gasteiger partial charge in [0, 0.05) is 37.0 Å². The minimum atomic E-state index is -0.750. The highest BCUT2D eigenvalue weighted by molar-refractivity contribution is 6.31. The Hall–Kier alpha value is -2.97. The molecule has 1 amide bonds. The van der Waals surface area contributed by atoms with Crippen LogP contribution in [0.25, 0.3) is 0 Å². The Morgan fingerprint density at radius 3 is 2.68 bits per heavy atom. The molecule has 2 aliphatic carbocycles. The first-order chi connectivity index (χ1) is 16.2. The number of carbonyl (C=O) groups excluding carboxylic acids is 1. The Morgan fingerprint density at radius 2 is 2.03 bits per heavy atom. The summed E-state index contributed by atoms with van der Waals surface area (Å²) in [6.07, 6.45) is 5.41. The molecule has 0 spiro atoms. The summed E-state index contributed by atoms with van der Waals surface area (Å²) < 4.78 is 15.0. The zero-order valence-electron chi connectivity index (χ0n) is 18.8. The highest BCUT2D eigenvalue weighted by atomic mass is 35.5. The molecule has 3 aromatic rings. The van der Waals surface area contributed by atoms with Gasteiger partial charge in [0.05, 0.1) is 16.3 Å². The minimum Gasteiger partial charge on any atom is -0.389 e. The van der Waals surface area contributed by atoms with Crippen LogP contribution in [0.5, 0.6) is 0 Å². The summed E-state index contributed by atoms with van der Waals surface area (Å²) in [6.45, 7) is 0.